The highest BCUT2D eigenvalue weighted by Gasteiger charge is 2.13. The first kappa shape index (κ1) is 12.6. The van der Waals surface area contributed by atoms with Gasteiger partial charge in [-0.2, -0.15) is 0 Å². The molecule has 0 saturated heterocycles. The number of carbonyl (C=O) groups excluding carboxylic acids is 1. The molecule has 19 heavy (non-hydrogen) atoms. The Morgan fingerprint density at radius 3 is 2.63 bits per heavy atom. The molecule has 7 nitrogen and oxygen atoms in total. The Kier molecular flexibility index (Phi) is 3.46. The van der Waals surface area contributed by atoms with Crippen molar-refractivity contribution in [3.63, 3.8) is 0 Å². The smallest absolute Gasteiger partial charge is 0.274 e. The van der Waals surface area contributed by atoms with E-state index in [4.69, 9.17) is 0 Å². The summed E-state index contributed by atoms with van der Waals surface area (Å²) in [5, 5.41) is 13.4. The molecule has 0 aliphatic heterocycles. The van der Waals surface area contributed by atoms with Crippen LogP contribution in [0.2, 0.25) is 0 Å². The van der Waals surface area contributed by atoms with Crippen LogP contribution in [0.25, 0.3) is 0 Å². The molecule has 0 bridgehead atoms. The van der Waals surface area contributed by atoms with Crippen molar-refractivity contribution in [1.82, 2.24) is 9.97 Å². The number of hydrogen-bond acceptors (Lipinski definition) is 5. The van der Waals surface area contributed by atoms with Crippen molar-refractivity contribution in [2.75, 3.05) is 5.32 Å². The van der Waals surface area contributed by atoms with E-state index in [1.165, 1.54) is 24.8 Å². The maximum atomic E-state index is 11.8. The summed E-state index contributed by atoms with van der Waals surface area (Å²) in [5.41, 5.74) is 1.13. The summed E-state index contributed by atoms with van der Waals surface area (Å²) in [6.45, 7) is 1.63. The Hall–Kier alpha value is -2.83. The third-order valence-corrected chi connectivity index (χ3v) is 2.49. The average molecular weight is 258 g/mol. The van der Waals surface area contributed by atoms with Gasteiger partial charge in [0.2, 0.25) is 0 Å². The van der Waals surface area contributed by atoms with Gasteiger partial charge in [-0.05, 0) is 13.0 Å². The second kappa shape index (κ2) is 5.21. The van der Waals surface area contributed by atoms with Crippen LogP contribution in [0, 0.1) is 17.0 Å². The number of carbonyl (C=O) groups is 1. The van der Waals surface area contributed by atoms with Crippen molar-refractivity contribution in [3.8, 4) is 0 Å². The van der Waals surface area contributed by atoms with E-state index in [2.05, 4.69) is 15.3 Å². The number of hydrogen-bond donors (Lipinski definition) is 1. The number of nitro benzene ring substituents is 1. The lowest BCUT2D eigenvalue weighted by atomic mass is 10.2. The number of aromatic nitrogens is 2. The Labute approximate surface area is 108 Å². The van der Waals surface area contributed by atoms with E-state index in [0.29, 0.717) is 11.3 Å². The molecule has 2 aromatic rings. The van der Waals surface area contributed by atoms with Crippen LogP contribution in [0.15, 0.2) is 36.9 Å². The van der Waals surface area contributed by atoms with Crippen LogP contribution in [0.5, 0.6) is 0 Å². The minimum Gasteiger partial charge on any atom is -0.322 e. The molecule has 1 heterocycles. The number of nitrogens with one attached hydrogen (secondary N) is 1. The molecule has 96 valence electrons. The third kappa shape index (κ3) is 2.89. The molecule has 1 N–H and O–H groups in total. The Morgan fingerprint density at radius 1 is 1.32 bits per heavy atom. The summed E-state index contributed by atoms with van der Waals surface area (Å²) in [5.74, 6) is -0.418. The van der Waals surface area contributed by atoms with Gasteiger partial charge < -0.3 is 5.32 Å². The summed E-state index contributed by atoms with van der Waals surface area (Å²) < 4.78 is 0. The standard InChI is InChI=1S/C12H10N4O3/c1-8-2-3-10(4-11(8)16(18)19)15-12(17)9-5-13-7-14-6-9/h2-7H,1H3,(H,15,17). The van der Waals surface area contributed by atoms with E-state index in [1.54, 1.807) is 19.1 Å². The summed E-state index contributed by atoms with van der Waals surface area (Å²) in [6.07, 6.45) is 4.05. The summed E-state index contributed by atoms with van der Waals surface area (Å²) in [7, 11) is 0. The monoisotopic (exact) mass is 258 g/mol. The highest BCUT2D eigenvalue weighted by molar-refractivity contribution is 6.03. The molecule has 0 aliphatic rings. The van der Waals surface area contributed by atoms with Crippen molar-refractivity contribution >= 4 is 17.3 Å². The van der Waals surface area contributed by atoms with Crippen LogP contribution < -0.4 is 5.32 Å². The number of nitrogens with zero attached hydrogens (tertiary/aromatic N) is 3. The molecule has 1 amide bonds. The van der Waals surface area contributed by atoms with Gasteiger partial charge in [-0.25, -0.2) is 9.97 Å². The second-order valence-corrected chi connectivity index (χ2v) is 3.84. The van der Waals surface area contributed by atoms with Gasteiger partial charge >= 0.3 is 0 Å². The van der Waals surface area contributed by atoms with Gasteiger partial charge in [0.15, 0.2) is 0 Å². The fourth-order valence-corrected chi connectivity index (χ4v) is 1.50. The molecule has 1 aromatic heterocycles. The molecule has 0 radical (unpaired) electrons. The normalized spacial score (nSPS) is 9.95. The highest BCUT2D eigenvalue weighted by Crippen LogP contribution is 2.22. The summed E-state index contributed by atoms with van der Waals surface area (Å²) in [6, 6.07) is 4.50. The molecule has 2 rings (SSSR count). The molecule has 0 saturated carbocycles. The van der Waals surface area contributed by atoms with Gasteiger partial charge in [0.25, 0.3) is 11.6 Å². The van der Waals surface area contributed by atoms with Gasteiger partial charge in [-0.1, -0.05) is 6.07 Å². The van der Waals surface area contributed by atoms with Crippen LogP contribution >= 0.6 is 0 Å². The van der Waals surface area contributed by atoms with E-state index in [-0.39, 0.29) is 11.3 Å². The molecular weight excluding hydrogens is 248 g/mol. The minimum absolute atomic E-state index is 0.0397. The van der Waals surface area contributed by atoms with Crippen molar-refractivity contribution in [3.05, 3.63) is 58.2 Å². The molecule has 7 heteroatoms. The topological polar surface area (TPSA) is 98.0 Å². The van der Waals surface area contributed by atoms with Crippen LogP contribution in [0.3, 0.4) is 0 Å². The van der Waals surface area contributed by atoms with E-state index >= 15 is 0 Å². The average Bonchev–Trinajstić information content (AvgIpc) is 2.41. The van der Waals surface area contributed by atoms with E-state index in [0.717, 1.165) is 0 Å². The predicted octanol–water partition coefficient (Wildman–Crippen LogP) is 1.95. The van der Waals surface area contributed by atoms with Crippen molar-refractivity contribution < 1.29 is 9.72 Å². The lowest BCUT2D eigenvalue weighted by Crippen LogP contribution is -2.12. The van der Waals surface area contributed by atoms with Gasteiger partial charge in [-0.15, -0.1) is 0 Å². The maximum Gasteiger partial charge on any atom is 0.274 e. The molecule has 0 unspecified atom stereocenters. The summed E-state index contributed by atoms with van der Waals surface area (Å²) >= 11 is 0. The Bertz CT molecular complexity index is 628. The number of anilines is 1. The Morgan fingerprint density at radius 2 is 2.00 bits per heavy atom. The van der Waals surface area contributed by atoms with E-state index < -0.39 is 10.8 Å². The number of rotatable bonds is 3. The lowest BCUT2D eigenvalue weighted by Gasteiger charge is -2.05. The zero-order chi connectivity index (χ0) is 13.8. The molecular formula is C12H10N4O3. The van der Waals surface area contributed by atoms with E-state index in [9.17, 15) is 14.9 Å². The molecule has 1 aromatic carbocycles. The van der Waals surface area contributed by atoms with Crippen LogP contribution in [-0.2, 0) is 0 Å². The van der Waals surface area contributed by atoms with E-state index in [1.807, 2.05) is 0 Å². The first-order chi connectivity index (χ1) is 9.08. The van der Waals surface area contributed by atoms with Crippen LogP contribution in [-0.4, -0.2) is 20.8 Å². The number of aryl methyl sites for hydroxylation is 1. The van der Waals surface area contributed by atoms with Gasteiger partial charge in [-0.3, -0.25) is 14.9 Å². The SMILES string of the molecule is Cc1ccc(NC(=O)c2cncnc2)cc1[N+](=O)[O-]. The second-order valence-electron chi connectivity index (χ2n) is 3.84. The maximum absolute atomic E-state index is 11.8. The lowest BCUT2D eigenvalue weighted by molar-refractivity contribution is -0.385. The largest absolute Gasteiger partial charge is 0.322 e. The summed E-state index contributed by atoms with van der Waals surface area (Å²) in [4.78, 5) is 29.6. The van der Waals surface area contributed by atoms with Crippen LogP contribution in [0.4, 0.5) is 11.4 Å². The Balaban J connectivity index is 2.23. The number of nitro groups is 1. The fraction of sp³-hybridized carbons (Fsp3) is 0.0833. The quantitative estimate of drug-likeness (QED) is 0.670. The zero-order valence-electron chi connectivity index (χ0n) is 10.0. The van der Waals surface area contributed by atoms with Gasteiger partial charge in [0.1, 0.15) is 6.33 Å². The molecule has 0 atom stereocenters. The van der Waals surface area contributed by atoms with Gasteiger partial charge in [0, 0.05) is 29.7 Å². The zero-order valence-corrected chi connectivity index (χ0v) is 10.0. The first-order valence-corrected chi connectivity index (χ1v) is 5.39. The molecule has 0 fully saturated rings. The fourth-order valence-electron chi connectivity index (χ4n) is 1.50. The minimum atomic E-state index is -0.489. The molecule has 0 spiro atoms. The van der Waals surface area contributed by atoms with Gasteiger partial charge in [0.05, 0.1) is 10.5 Å². The number of amides is 1. The van der Waals surface area contributed by atoms with Crippen LogP contribution in [0.1, 0.15) is 15.9 Å². The molecule has 0 aliphatic carbocycles. The predicted molar refractivity (Wildman–Crippen MR) is 67.8 cm³/mol. The third-order valence-electron chi connectivity index (χ3n) is 2.49. The number of benzene rings is 1. The van der Waals surface area contributed by atoms with Crippen molar-refractivity contribution in [2.45, 2.75) is 6.92 Å². The first-order valence-electron chi connectivity index (χ1n) is 5.39. The highest BCUT2D eigenvalue weighted by atomic mass is 16.6. The van der Waals surface area contributed by atoms with Crippen molar-refractivity contribution in [1.29, 1.82) is 0 Å². The van der Waals surface area contributed by atoms with Crippen molar-refractivity contribution in [2.24, 2.45) is 0 Å².